The lowest BCUT2D eigenvalue weighted by Gasteiger charge is -2.31. The van der Waals surface area contributed by atoms with E-state index in [2.05, 4.69) is 12.1 Å². The highest BCUT2D eigenvalue weighted by molar-refractivity contribution is 6.16. The van der Waals surface area contributed by atoms with Crippen molar-refractivity contribution in [1.29, 1.82) is 0 Å². The average molecular weight is 354 g/mol. The van der Waals surface area contributed by atoms with Crippen molar-refractivity contribution < 1.29 is 9.59 Å². The summed E-state index contributed by atoms with van der Waals surface area (Å²) in [7, 11) is 0. The van der Waals surface area contributed by atoms with E-state index in [1.807, 2.05) is 72.8 Å². The van der Waals surface area contributed by atoms with Crippen LogP contribution in [0.1, 0.15) is 50.6 Å². The Labute approximate surface area is 159 Å². The normalized spacial score (nSPS) is 16.0. The highest BCUT2D eigenvalue weighted by Crippen LogP contribution is 2.39. The number of hydrogen-bond acceptors (Lipinski definition) is 2. The van der Waals surface area contributed by atoms with Gasteiger partial charge in [-0.15, -0.1) is 0 Å². The Balaban J connectivity index is 1.80. The van der Waals surface area contributed by atoms with Gasteiger partial charge in [0.15, 0.2) is 11.6 Å². The van der Waals surface area contributed by atoms with Crippen LogP contribution in [-0.2, 0) is 6.42 Å². The second kappa shape index (κ2) is 7.71. The van der Waals surface area contributed by atoms with Gasteiger partial charge in [0.05, 0.1) is 5.92 Å². The summed E-state index contributed by atoms with van der Waals surface area (Å²) in [6.45, 7) is 0. The van der Waals surface area contributed by atoms with Gasteiger partial charge in [-0.1, -0.05) is 84.9 Å². The van der Waals surface area contributed by atoms with Crippen LogP contribution in [0.3, 0.4) is 0 Å². The van der Waals surface area contributed by atoms with Crippen molar-refractivity contribution in [3.05, 3.63) is 107 Å². The van der Waals surface area contributed by atoms with Gasteiger partial charge in [-0.05, 0) is 30.4 Å². The number of ketones is 2. The van der Waals surface area contributed by atoms with E-state index in [4.69, 9.17) is 0 Å². The van der Waals surface area contributed by atoms with Crippen molar-refractivity contribution in [3.63, 3.8) is 0 Å². The zero-order valence-electron chi connectivity index (χ0n) is 15.2. The number of benzene rings is 3. The number of carbonyl (C=O) groups excluding carboxylic acids is 2. The lowest BCUT2D eigenvalue weighted by molar-refractivity contribution is 0.0776. The Hall–Kier alpha value is -3.00. The summed E-state index contributed by atoms with van der Waals surface area (Å²) in [6, 6.07) is 26.7. The van der Waals surface area contributed by atoms with Crippen LogP contribution in [0.15, 0.2) is 84.9 Å². The maximum Gasteiger partial charge on any atom is 0.174 e. The van der Waals surface area contributed by atoms with Gasteiger partial charge in [-0.2, -0.15) is 0 Å². The molecule has 2 heteroatoms. The number of Topliss-reactive ketones (excluding diaryl/α,β-unsaturated/α-hetero) is 2. The lowest BCUT2D eigenvalue weighted by Crippen LogP contribution is -2.32. The monoisotopic (exact) mass is 354 g/mol. The number of hydrogen-bond donors (Lipinski definition) is 0. The van der Waals surface area contributed by atoms with E-state index in [1.54, 1.807) is 0 Å². The zero-order chi connectivity index (χ0) is 18.6. The molecule has 0 heterocycles. The molecular weight excluding hydrogens is 332 g/mol. The molecule has 3 aromatic rings. The third kappa shape index (κ3) is 3.48. The molecule has 134 valence electrons. The molecule has 3 aromatic carbocycles. The first kappa shape index (κ1) is 17.4. The molecule has 4 rings (SSSR count). The molecule has 1 aliphatic rings. The molecule has 0 saturated carbocycles. The molecule has 1 unspecified atom stereocenters. The summed E-state index contributed by atoms with van der Waals surface area (Å²) in [4.78, 5) is 26.9. The van der Waals surface area contributed by atoms with Gasteiger partial charge in [0.25, 0.3) is 0 Å². The Kier molecular flexibility index (Phi) is 4.97. The second-order valence-corrected chi connectivity index (χ2v) is 7.14. The number of carbonyl (C=O) groups is 2. The van der Waals surface area contributed by atoms with E-state index >= 15 is 0 Å². The second-order valence-electron chi connectivity index (χ2n) is 7.14. The fraction of sp³-hybridized carbons (Fsp3) is 0.200. The smallest absolute Gasteiger partial charge is 0.174 e. The van der Waals surface area contributed by atoms with Crippen molar-refractivity contribution >= 4 is 11.6 Å². The first-order valence-corrected chi connectivity index (χ1v) is 9.52. The van der Waals surface area contributed by atoms with Gasteiger partial charge in [0, 0.05) is 17.0 Å². The van der Waals surface area contributed by atoms with Crippen LogP contribution >= 0.6 is 0 Å². The maximum absolute atomic E-state index is 13.4. The first-order chi connectivity index (χ1) is 13.3. The predicted molar refractivity (Wildman–Crippen MR) is 107 cm³/mol. The van der Waals surface area contributed by atoms with Crippen LogP contribution in [0.2, 0.25) is 0 Å². The van der Waals surface area contributed by atoms with Crippen molar-refractivity contribution in [2.75, 3.05) is 0 Å². The molecule has 0 fully saturated rings. The molecule has 0 amide bonds. The predicted octanol–water partition coefficient (Wildman–Crippen LogP) is 5.49. The minimum absolute atomic E-state index is 0.0737. The third-order valence-electron chi connectivity index (χ3n) is 5.50. The number of fused-ring (bicyclic) bond motifs is 1. The van der Waals surface area contributed by atoms with Crippen LogP contribution < -0.4 is 0 Å². The molecule has 0 aliphatic heterocycles. The first-order valence-electron chi connectivity index (χ1n) is 9.52. The molecule has 0 N–H and O–H groups in total. The van der Waals surface area contributed by atoms with Crippen molar-refractivity contribution in [2.24, 2.45) is 5.92 Å². The number of rotatable bonds is 5. The van der Waals surface area contributed by atoms with Gasteiger partial charge < -0.3 is 0 Å². The topological polar surface area (TPSA) is 34.1 Å². The molecule has 27 heavy (non-hydrogen) atoms. The van der Waals surface area contributed by atoms with Gasteiger partial charge in [-0.3, -0.25) is 9.59 Å². The van der Waals surface area contributed by atoms with Gasteiger partial charge in [-0.25, -0.2) is 0 Å². The van der Waals surface area contributed by atoms with E-state index in [-0.39, 0.29) is 17.5 Å². The van der Waals surface area contributed by atoms with Crippen LogP contribution in [0.5, 0.6) is 0 Å². The molecule has 2 nitrogen and oxygen atoms in total. The van der Waals surface area contributed by atoms with Gasteiger partial charge >= 0.3 is 0 Å². The average Bonchev–Trinajstić information content (AvgIpc) is 2.75. The van der Waals surface area contributed by atoms with E-state index in [1.165, 1.54) is 5.56 Å². The molecule has 0 aromatic heterocycles. The van der Waals surface area contributed by atoms with E-state index in [0.29, 0.717) is 11.1 Å². The summed E-state index contributed by atoms with van der Waals surface area (Å²) in [5.41, 5.74) is 3.63. The van der Waals surface area contributed by atoms with Crippen molar-refractivity contribution in [2.45, 2.75) is 25.2 Å². The molecule has 1 aliphatic carbocycles. The van der Waals surface area contributed by atoms with Crippen molar-refractivity contribution in [3.8, 4) is 0 Å². The maximum atomic E-state index is 13.4. The molecule has 0 bridgehead atoms. The third-order valence-corrected chi connectivity index (χ3v) is 5.50. The fourth-order valence-corrected chi connectivity index (χ4v) is 4.19. The summed E-state index contributed by atoms with van der Waals surface area (Å²) < 4.78 is 0. The zero-order valence-corrected chi connectivity index (χ0v) is 15.2. The van der Waals surface area contributed by atoms with E-state index in [9.17, 15) is 9.59 Å². The van der Waals surface area contributed by atoms with E-state index in [0.717, 1.165) is 24.8 Å². The van der Waals surface area contributed by atoms with Crippen LogP contribution in [-0.4, -0.2) is 11.6 Å². The van der Waals surface area contributed by atoms with Crippen molar-refractivity contribution in [1.82, 2.24) is 0 Å². The quantitative estimate of drug-likeness (QED) is 0.448. The standard InChI is InChI=1S/C25H22O2/c26-24(19-11-3-1-4-12-19)23(25(27)20-13-5-2-6-14-20)22-17-9-15-18-10-7-8-16-21(18)22/h1-8,10-14,16,22-23H,9,15,17H2. The summed E-state index contributed by atoms with van der Waals surface area (Å²) in [5, 5.41) is 0. The largest absolute Gasteiger partial charge is 0.293 e. The van der Waals surface area contributed by atoms with Gasteiger partial charge in [0.1, 0.15) is 0 Å². The Morgan fingerprint density at radius 3 is 1.81 bits per heavy atom. The minimum Gasteiger partial charge on any atom is -0.293 e. The SMILES string of the molecule is O=C(c1ccccc1)C(C(=O)c1ccccc1)C1CCCc2ccccc21. The molecule has 0 radical (unpaired) electrons. The summed E-state index contributed by atoms with van der Waals surface area (Å²) in [6.07, 6.45) is 2.87. The van der Waals surface area contributed by atoms with Crippen LogP contribution in [0, 0.1) is 5.92 Å². The molecular formula is C25H22O2. The highest BCUT2D eigenvalue weighted by Gasteiger charge is 2.38. The van der Waals surface area contributed by atoms with Crippen LogP contribution in [0.25, 0.3) is 0 Å². The Bertz CT molecular complexity index is 893. The lowest BCUT2D eigenvalue weighted by atomic mass is 9.71. The minimum atomic E-state index is -0.684. The Morgan fingerprint density at radius 2 is 1.22 bits per heavy atom. The fourth-order valence-electron chi connectivity index (χ4n) is 4.19. The van der Waals surface area contributed by atoms with Gasteiger partial charge in [0.2, 0.25) is 0 Å². The molecule has 0 spiro atoms. The summed E-state index contributed by atoms with van der Waals surface area (Å²) >= 11 is 0. The molecule has 0 saturated heterocycles. The number of aryl methyl sites for hydroxylation is 1. The molecule has 1 atom stereocenters. The Morgan fingerprint density at radius 1 is 0.704 bits per heavy atom. The summed E-state index contributed by atoms with van der Waals surface area (Å²) in [5.74, 6) is -0.913. The van der Waals surface area contributed by atoms with Crippen LogP contribution in [0.4, 0.5) is 0 Å². The van der Waals surface area contributed by atoms with E-state index < -0.39 is 5.92 Å². The highest BCUT2D eigenvalue weighted by atomic mass is 16.2.